The predicted molar refractivity (Wildman–Crippen MR) is 127 cm³/mol. The summed E-state index contributed by atoms with van der Waals surface area (Å²) in [7, 11) is 0. The molecule has 2 aromatic carbocycles. The quantitative estimate of drug-likeness (QED) is 0.323. The van der Waals surface area contributed by atoms with Crippen LogP contribution in [0, 0.1) is 11.8 Å². The molecule has 3 amide bonds. The standard InChI is InChI=1S/C26H22ClF3N2O5/c27-19-11-10-16(26(28,29)30)13-20(19)31-22(33)14-37-25(36)21(12-15-6-2-1-3-7-15)32-23(34)17-8-4-5-9-18(17)24(32)35/h1-7,10-11,13,17-18,21H,8-9,12,14H2,(H,31,33)/t17-,18+,21-/m1/s1. The number of carbonyl (C=O) groups excluding carboxylic acids is 4. The van der Waals surface area contributed by atoms with Crippen molar-refractivity contribution in [3.05, 3.63) is 76.8 Å². The number of ether oxygens (including phenoxy) is 1. The number of nitrogens with one attached hydrogen (secondary N) is 1. The van der Waals surface area contributed by atoms with Gasteiger partial charge in [0, 0.05) is 6.42 Å². The smallest absolute Gasteiger partial charge is 0.416 e. The number of fused-ring (bicyclic) bond motifs is 1. The maximum atomic E-state index is 13.1. The van der Waals surface area contributed by atoms with Crippen LogP contribution in [0.4, 0.5) is 18.9 Å². The number of anilines is 1. The molecule has 0 saturated carbocycles. The summed E-state index contributed by atoms with van der Waals surface area (Å²) >= 11 is 5.90. The largest absolute Gasteiger partial charge is 0.454 e. The first-order valence-electron chi connectivity index (χ1n) is 11.5. The fourth-order valence-electron chi connectivity index (χ4n) is 4.47. The van der Waals surface area contributed by atoms with Crippen LogP contribution in [0.25, 0.3) is 0 Å². The number of hydrogen-bond acceptors (Lipinski definition) is 5. The van der Waals surface area contributed by atoms with Crippen molar-refractivity contribution in [2.24, 2.45) is 11.8 Å². The molecule has 0 spiro atoms. The van der Waals surface area contributed by atoms with Crippen LogP contribution in [-0.4, -0.2) is 41.2 Å². The number of rotatable bonds is 7. The predicted octanol–water partition coefficient (Wildman–Crippen LogP) is 4.40. The molecule has 1 aliphatic heterocycles. The van der Waals surface area contributed by atoms with E-state index in [-0.39, 0.29) is 17.1 Å². The molecule has 0 unspecified atom stereocenters. The van der Waals surface area contributed by atoms with Gasteiger partial charge in [-0.2, -0.15) is 13.2 Å². The van der Waals surface area contributed by atoms with Crippen LogP contribution in [0.1, 0.15) is 24.0 Å². The van der Waals surface area contributed by atoms with Gasteiger partial charge in [0.05, 0.1) is 28.1 Å². The second-order valence-electron chi connectivity index (χ2n) is 8.76. The Labute approximate surface area is 215 Å². The van der Waals surface area contributed by atoms with E-state index >= 15 is 0 Å². The average Bonchev–Trinajstić information content (AvgIpc) is 3.12. The lowest BCUT2D eigenvalue weighted by molar-refractivity contribution is -0.160. The van der Waals surface area contributed by atoms with Gasteiger partial charge in [-0.3, -0.25) is 19.3 Å². The van der Waals surface area contributed by atoms with Gasteiger partial charge in [-0.15, -0.1) is 0 Å². The molecule has 0 radical (unpaired) electrons. The molecule has 7 nitrogen and oxygen atoms in total. The van der Waals surface area contributed by atoms with Crippen molar-refractivity contribution < 1.29 is 37.1 Å². The van der Waals surface area contributed by atoms with Crippen molar-refractivity contribution >= 4 is 41.0 Å². The number of nitrogens with zero attached hydrogens (tertiary/aromatic N) is 1. The summed E-state index contributed by atoms with van der Waals surface area (Å²) in [6, 6.07) is 9.81. The highest BCUT2D eigenvalue weighted by Gasteiger charge is 2.51. The van der Waals surface area contributed by atoms with Gasteiger partial charge < -0.3 is 10.1 Å². The summed E-state index contributed by atoms with van der Waals surface area (Å²) in [6.45, 7) is -0.860. The van der Waals surface area contributed by atoms with Gasteiger partial charge in [0.2, 0.25) is 11.8 Å². The van der Waals surface area contributed by atoms with E-state index in [1.54, 1.807) is 30.3 Å². The highest BCUT2D eigenvalue weighted by Crippen LogP contribution is 2.37. The lowest BCUT2D eigenvalue weighted by Crippen LogP contribution is -2.48. The van der Waals surface area contributed by atoms with Crippen molar-refractivity contribution in [3.8, 4) is 0 Å². The molecule has 0 aromatic heterocycles. The van der Waals surface area contributed by atoms with E-state index in [4.69, 9.17) is 16.3 Å². The van der Waals surface area contributed by atoms with Crippen LogP contribution in [0.3, 0.4) is 0 Å². The normalized spacial score (nSPS) is 19.9. The zero-order chi connectivity index (χ0) is 26.7. The molecule has 3 atom stereocenters. The molecule has 0 bridgehead atoms. The second-order valence-corrected chi connectivity index (χ2v) is 9.16. The third-order valence-corrected chi connectivity index (χ3v) is 6.64. The Hall–Kier alpha value is -3.66. The van der Waals surface area contributed by atoms with E-state index in [0.717, 1.165) is 17.0 Å². The number of imide groups is 1. The first-order chi connectivity index (χ1) is 17.6. The monoisotopic (exact) mass is 534 g/mol. The van der Waals surface area contributed by atoms with Gasteiger partial charge in [-0.1, -0.05) is 54.1 Å². The molecular weight excluding hydrogens is 513 g/mol. The number of likely N-dealkylation sites (tertiary alicyclic amines) is 1. The molecule has 4 rings (SSSR count). The molecular formula is C26H22ClF3N2O5. The molecule has 2 aliphatic rings. The topological polar surface area (TPSA) is 92.8 Å². The SMILES string of the molecule is O=C(COC(=O)[C@@H](Cc1ccccc1)N1C(=O)[C@H]2CC=CC[C@H]2C1=O)Nc1cc(C(F)(F)F)ccc1Cl. The number of halogens is 4. The third-order valence-electron chi connectivity index (χ3n) is 6.31. The lowest BCUT2D eigenvalue weighted by atomic mass is 9.85. The van der Waals surface area contributed by atoms with E-state index in [1.807, 2.05) is 12.2 Å². The third kappa shape index (κ3) is 5.85. The Kier molecular flexibility index (Phi) is 7.68. The highest BCUT2D eigenvalue weighted by molar-refractivity contribution is 6.33. The molecule has 37 heavy (non-hydrogen) atoms. The molecule has 1 fully saturated rings. The fraction of sp³-hybridized carbons (Fsp3) is 0.308. The minimum absolute atomic E-state index is 0.0227. The maximum absolute atomic E-state index is 13.1. The highest BCUT2D eigenvalue weighted by atomic mass is 35.5. The van der Waals surface area contributed by atoms with E-state index in [1.165, 1.54) is 0 Å². The number of amides is 3. The van der Waals surface area contributed by atoms with Gasteiger partial charge in [-0.05, 0) is 36.6 Å². The molecule has 1 heterocycles. The Morgan fingerprint density at radius 3 is 2.24 bits per heavy atom. The van der Waals surface area contributed by atoms with E-state index in [9.17, 15) is 32.3 Å². The van der Waals surface area contributed by atoms with Gasteiger partial charge >= 0.3 is 12.1 Å². The number of hydrogen-bond donors (Lipinski definition) is 1. The Morgan fingerprint density at radius 1 is 1.03 bits per heavy atom. The maximum Gasteiger partial charge on any atom is 0.416 e. The molecule has 194 valence electrons. The van der Waals surface area contributed by atoms with E-state index in [2.05, 4.69) is 5.32 Å². The summed E-state index contributed by atoms with van der Waals surface area (Å²) in [5, 5.41) is 2.05. The van der Waals surface area contributed by atoms with Crippen LogP contribution in [-0.2, 0) is 36.5 Å². The van der Waals surface area contributed by atoms with Crippen molar-refractivity contribution in [1.82, 2.24) is 4.90 Å². The van der Waals surface area contributed by atoms with Crippen LogP contribution in [0.2, 0.25) is 5.02 Å². The first kappa shape index (κ1) is 26.4. The summed E-state index contributed by atoms with van der Waals surface area (Å²) < 4.78 is 44.1. The molecule has 11 heteroatoms. The van der Waals surface area contributed by atoms with E-state index in [0.29, 0.717) is 24.5 Å². The van der Waals surface area contributed by atoms with Crippen LogP contribution in [0.15, 0.2) is 60.7 Å². The summed E-state index contributed by atoms with van der Waals surface area (Å²) in [6.07, 6.45) is -0.251. The molecule has 2 aromatic rings. The van der Waals surface area contributed by atoms with Gasteiger partial charge in [0.15, 0.2) is 6.61 Å². The van der Waals surface area contributed by atoms with Crippen molar-refractivity contribution in [2.45, 2.75) is 31.5 Å². The minimum Gasteiger partial charge on any atom is -0.454 e. The molecule has 1 N–H and O–H groups in total. The summed E-state index contributed by atoms with van der Waals surface area (Å²) in [4.78, 5) is 52.6. The number of esters is 1. The average molecular weight is 535 g/mol. The zero-order valence-electron chi connectivity index (χ0n) is 19.3. The summed E-state index contributed by atoms with van der Waals surface area (Å²) in [5.41, 5.74) is -0.660. The van der Waals surface area contributed by atoms with Crippen LogP contribution < -0.4 is 5.32 Å². The molecule has 1 aliphatic carbocycles. The summed E-state index contributed by atoms with van der Waals surface area (Å²) in [5.74, 6) is -3.99. The fourth-order valence-corrected chi connectivity index (χ4v) is 4.63. The van der Waals surface area contributed by atoms with Crippen LogP contribution >= 0.6 is 11.6 Å². The number of carbonyl (C=O) groups is 4. The number of benzene rings is 2. The Bertz CT molecular complexity index is 1220. The second kappa shape index (κ2) is 10.8. The molecule has 1 saturated heterocycles. The van der Waals surface area contributed by atoms with Crippen molar-refractivity contribution in [3.63, 3.8) is 0 Å². The van der Waals surface area contributed by atoms with Crippen molar-refractivity contribution in [2.75, 3.05) is 11.9 Å². The number of alkyl halides is 3. The van der Waals surface area contributed by atoms with Gasteiger partial charge in [0.1, 0.15) is 6.04 Å². The first-order valence-corrected chi connectivity index (χ1v) is 11.8. The zero-order valence-corrected chi connectivity index (χ0v) is 20.1. The lowest BCUT2D eigenvalue weighted by Gasteiger charge is -2.25. The Morgan fingerprint density at radius 2 is 1.65 bits per heavy atom. The van der Waals surface area contributed by atoms with Crippen LogP contribution in [0.5, 0.6) is 0 Å². The van der Waals surface area contributed by atoms with Crippen molar-refractivity contribution in [1.29, 1.82) is 0 Å². The van der Waals surface area contributed by atoms with E-state index < -0.39 is 59.9 Å². The Balaban J connectivity index is 1.48. The minimum atomic E-state index is -4.65. The number of allylic oxidation sites excluding steroid dienone is 2. The van der Waals surface area contributed by atoms with Gasteiger partial charge in [-0.25, -0.2) is 4.79 Å². The van der Waals surface area contributed by atoms with Gasteiger partial charge in [0.25, 0.3) is 5.91 Å².